The van der Waals surface area contributed by atoms with E-state index in [1.165, 1.54) is 0 Å². The Kier molecular flexibility index (Phi) is 3.74. The van der Waals surface area contributed by atoms with Gasteiger partial charge in [-0.1, -0.05) is 0 Å². The fraction of sp³-hybridized carbons (Fsp3) is 0.800. The number of nitrogens with two attached hydrogens (primary N) is 1. The van der Waals surface area contributed by atoms with Crippen LogP contribution in [0.2, 0.25) is 0 Å². The zero-order chi connectivity index (χ0) is 9.07. The SMILES string of the molecule is NC(CCS)(C(=O)O)C(F)F. The standard InChI is InChI=1S/C5H9F2NO2S/c6-3(7)5(8,1-2-11)4(9)10/h3,11H,1-2,8H2,(H,9,10). The number of hydrogen-bond donors (Lipinski definition) is 3. The van der Waals surface area contributed by atoms with Crippen molar-refractivity contribution in [3.05, 3.63) is 0 Å². The molecule has 0 aliphatic carbocycles. The highest BCUT2D eigenvalue weighted by Gasteiger charge is 2.42. The van der Waals surface area contributed by atoms with E-state index in [-0.39, 0.29) is 12.2 Å². The molecule has 6 heteroatoms. The average molecular weight is 185 g/mol. The van der Waals surface area contributed by atoms with Gasteiger partial charge in [0.15, 0.2) is 5.54 Å². The van der Waals surface area contributed by atoms with E-state index in [4.69, 9.17) is 10.8 Å². The number of carbonyl (C=O) groups is 1. The summed E-state index contributed by atoms with van der Waals surface area (Å²) in [7, 11) is 0. The van der Waals surface area contributed by atoms with Crippen LogP contribution in [0.4, 0.5) is 8.78 Å². The Morgan fingerprint density at radius 2 is 2.18 bits per heavy atom. The summed E-state index contributed by atoms with van der Waals surface area (Å²) in [6.07, 6.45) is -3.41. The summed E-state index contributed by atoms with van der Waals surface area (Å²) in [6.45, 7) is 0. The monoisotopic (exact) mass is 185 g/mol. The molecule has 11 heavy (non-hydrogen) atoms. The molecule has 0 aromatic rings. The van der Waals surface area contributed by atoms with Crippen LogP contribution in [0.5, 0.6) is 0 Å². The summed E-state index contributed by atoms with van der Waals surface area (Å²) in [6, 6.07) is 0. The Morgan fingerprint density at radius 1 is 1.73 bits per heavy atom. The number of carboxylic acids is 1. The average Bonchev–Trinajstić information content (AvgIpc) is 1.87. The summed E-state index contributed by atoms with van der Waals surface area (Å²) in [4.78, 5) is 10.2. The summed E-state index contributed by atoms with van der Waals surface area (Å²) < 4.78 is 24.0. The van der Waals surface area contributed by atoms with E-state index < -0.39 is 17.9 Å². The van der Waals surface area contributed by atoms with Gasteiger partial charge in [0.2, 0.25) is 0 Å². The molecule has 0 heterocycles. The maximum atomic E-state index is 12.0. The predicted molar refractivity (Wildman–Crippen MR) is 39.0 cm³/mol. The number of thiol groups is 1. The number of aliphatic carboxylic acids is 1. The van der Waals surface area contributed by atoms with E-state index >= 15 is 0 Å². The minimum Gasteiger partial charge on any atom is -0.480 e. The van der Waals surface area contributed by atoms with E-state index in [1.807, 2.05) is 0 Å². The summed E-state index contributed by atoms with van der Waals surface area (Å²) in [5, 5.41) is 8.30. The van der Waals surface area contributed by atoms with Gasteiger partial charge in [0.25, 0.3) is 6.43 Å². The maximum absolute atomic E-state index is 12.0. The van der Waals surface area contributed by atoms with Gasteiger partial charge in [-0.05, 0) is 12.2 Å². The van der Waals surface area contributed by atoms with Crippen LogP contribution in [0.25, 0.3) is 0 Å². The highest BCUT2D eigenvalue weighted by Crippen LogP contribution is 2.17. The largest absolute Gasteiger partial charge is 0.480 e. The molecular weight excluding hydrogens is 176 g/mol. The number of alkyl halides is 2. The van der Waals surface area contributed by atoms with E-state index in [2.05, 4.69) is 12.6 Å². The lowest BCUT2D eigenvalue weighted by Gasteiger charge is -2.22. The maximum Gasteiger partial charge on any atom is 0.329 e. The Morgan fingerprint density at radius 3 is 2.27 bits per heavy atom. The molecule has 0 saturated carbocycles. The second-order valence-corrected chi connectivity index (χ2v) is 2.57. The fourth-order valence-corrected chi connectivity index (χ4v) is 0.864. The molecule has 1 atom stereocenters. The molecule has 3 N–H and O–H groups in total. The Hall–Kier alpha value is -0.360. The van der Waals surface area contributed by atoms with Crippen molar-refractivity contribution in [2.75, 3.05) is 5.75 Å². The molecular formula is C5H9F2NO2S. The van der Waals surface area contributed by atoms with Crippen molar-refractivity contribution in [3.63, 3.8) is 0 Å². The van der Waals surface area contributed by atoms with Crippen LogP contribution in [-0.4, -0.2) is 28.8 Å². The Balaban J connectivity index is 4.38. The quantitative estimate of drug-likeness (QED) is 0.554. The molecule has 0 aliphatic heterocycles. The van der Waals surface area contributed by atoms with Crippen molar-refractivity contribution in [2.45, 2.75) is 18.4 Å². The molecule has 0 radical (unpaired) electrons. The van der Waals surface area contributed by atoms with Crippen molar-refractivity contribution in [3.8, 4) is 0 Å². The highest BCUT2D eigenvalue weighted by molar-refractivity contribution is 7.80. The Labute approximate surface area is 68.0 Å². The van der Waals surface area contributed by atoms with Gasteiger partial charge in [0, 0.05) is 0 Å². The molecule has 0 aromatic heterocycles. The second-order valence-electron chi connectivity index (χ2n) is 2.12. The molecule has 1 unspecified atom stereocenters. The van der Waals surface area contributed by atoms with Gasteiger partial charge < -0.3 is 10.8 Å². The normalized spacial score (nSPS) is 16.5. The van der Waals surface area contributed by atoms with Crippen molar-refractivity contribution >= 4 is 18.6 Å². The van der Waals surface area contributed by atoms with Gasteiger partial charge in [-0.25, -0.2) is 13.6 Å². The predicted octanol–water partition coefficient (Wildman–Crippen LogP) is 0.353. The molecule has 0 amide bonds. The van der Waals surface area contributed by atoms with E-state index in [1.54, 1.807) is 0 Å². The minimum absolute atomic E-state index is 0.0210. The van der Waals surface area contributed by atoms with Gasteiger partial charge >= 0.3 is 5.97 Å². The highest BCUT2D eigenvalue weighted by atomic mass is 32.1. The van der Waals surface area contributed by atoms with Crippen LogP contribution in [0, 0.1) is 0 Å². The van der Waals surface area contributed by atoms with E-state index in [9.17, 15) is 13.6 Å². The van der Waals surface area contributed by atoms with E-state index in [0.717, 1.165) is 0 Å². The van der Waals surface area contributed by atoms with Gasteiger partial charge in [0.1, 0.15) is 0 Å². The first-order chi connectivity index (χ1) is 4.95. The fourth-order valence-electron chi connectivity index (χ4n) is 0.494. The zero-order valence-corrected chi connectivity index (χ0v) is 6.52. The molecule has 0 rings (SSSR count). The van der Waals surface area contributed by atoms with E-state index in [0.29, 0.717) is 0 Å². The van der Waals surface area contributed by atoms with Crippen molar-refractivity contribution < 1.29 is 18.7 Å². The summed E-state index contributed by atoms with van der Waals surface area (Å²) in [5.74, 6) is -1.67. The van der Waals surface area contributed by atoms with Gasteiger partial charge in [0.05, 0.1) is 0 Å². The minimum atomic E-state index is -3.06. The van der Waals surface area contributed by atoms with Crippen LogP contribution in [0.1, 0.15) is 6.42 Å². The molecule has 0 aliphatic rings. The summed E-state index contributed by atoms with van der Waals surface area (Å²) >= 11 is 3.63. The van der Waals surface area contributed by atoms with Gasteiger partial charge in [-0.15, -0.1) is 0 Å². The van der Waals surface area contributed by atoms with Crippen molar-refractivity contribution in [1.29, 1.82) is 0 Å². The third-order valence-corrected chi connectivity index (χ3v) is 1.54. The molecule has 0 aromatic carbocycles. The summed E-state index contributed by atoms with van der Waals surface area (Å²) in [5.41, 5.74) is 2.45. The lowest BCUT2D eigenvalue weighted by Crippen LogP contribution is -2.54. The smallest absolute Gasteiger partial charge is 0.329 e. The van der Waals surface area contributed by atoms with Crippen LogP contribution in [0.3, 0.4) is 0 Å². The molecule has 0 fully saturated rings. The third kappa shape index (κ3) is 2.30. The topological polar surface area (TPSA) is 63.3 Å². The number of rotatable bonds is 4. The number of halogens is 2. The molecule has 0 saturated heterocycles. The molecule has 66 valence electrons. The number of carboxylic acid groups (broad SMARTS) is 1. The number of hydrogen-bond acceptors (Lipinski definition) is 3. The molecule has 0 bridgehead atoms. The zero-order valence-electron chi connectivity index (χ0n) is 5.63. The molecule has 3 nitrogen and oxygen atoms in total. The lowest BCUT2D eigenvalue weighted by molar-refractivity contribution is -0.149. The van der Waals surface area contributed by atoms with Crippen molar-refractivity contribution in [2.24, 2.45) is 5.73 Å². The first kappa shape index (κ1) is 10.6. The second kappa shape index (κ2) is 3.87. The van der Waals surface area contributed by atoms with Crippen LogP contribution < -0.4 is 5.73 Å². The Bertz CT molecular complexity index is 155. The van der Waals surface area contributed by atoms with Gasteiger partial charge in [-0.2, -0.15) is 12.6 Å². The first-order valence-corrected chi connectivity index (χ1v) is 3.49. The van der Waals surface area contributed by atoms with Crippen molar-refractivity contribution in [1.82, 2.24) is 0 Å². The molecule has 0 spiro atoms. The third-order valence-electron chi connectivity index (χ3n) is 1.31. The first-order valence-electron chi connectivity index (χ1n) is 2.86. The van der Waals surface area contributed by atoms with Crippen LogP contribution in [-0.2, 0) is 4.79 Å². The van der Waals surface area contributed by atoms with Gasteiger partial charge in [-0.3, -0.25) is 0 Å². The van der Waals surface area contributed by atoms with Crippen LogP contribution in [0.15, 0.2) is 0 Å². The van der Waals surface area contributed by atoms with Crippen LogP contribution >= 0.6 is 12.6 Å². The lowest BCUT2D eigenvalue weighted by atomic mass is 9.99.